The minimum Gasteiger partial charge on any atom is -0.495 e. The standard InChI is InChI=1S/C15H18N2O2/c1-3-5-14(18)17-10-7-12(8-11-17)15-13(19-2)6-4-9-16-15/h4,6,9,12H,7-8,10-11H2,1-2H3. The molecule has 1 aliphatic rings. The van der Waals surface area contributed by atoms with Crippen LogP contribution in [0.5, 0.6) is 5.75 Å². The maximum Gasteiger partial charge on any atom is 0.298 e. The minimum atomic E-state index is -0.0751. The number of carbonyl (C=O) groups is 1. The number of hydrogen-bond donors (Lipinski definition) is 0. The van der Waals surface area contributed by atoms with Crippen molar-refractivity contribution in [1.29, 1.82) is 0 Å². The number of piperidine rings is 1. The Labute approximate surface area is 113 Å². The first-order chi connectivity index (χ1) is 9.26. The Morgan fingerprint density at radius 2 is 2.21 bits per heavy atom. The fourth-order valence-electron chi connectivity index (χ4n) is 2.42. The quantitative estimate of drug-likeness (QED) is 0.760. The first kappa shape index (κ1) is 13.4. The molecule has 4 nitrogen and oxygen atoms in total. The van der Waals surface area contributed by atoms with Crippen molar-refractivity contribution in [3.05, 3.63) is 24.0 Å². The number of nitrogens with zero attached hydrogens (tertiary/aromatic N) is 2. The van der Waals surface area contributed by atoms with E-state index in [4.69, 9.17) is 4.74 Å². The Bertz CT molecular complexity index is 508. The lowest BCUT2D eigenvalue weighted by Crippen LogP contribution is -2.37. The van der Waals surface area contributed by atoms with E-state index in [9.17, 15) is 4.79 Å². The molecule has 2 heterocycles. The van der Waals surface area contributed by atoms with Crippen LogP contribution in [0, 0.1) is 11.8 Å². The van der Waals surface area contributed by atoms with Gasteiger partial charge in [0.25, 0.3) is 5.91 Å². The van der Waals surface area contributed by atoms with Gasteiger partial charge in [-0.3, -0.25) is 9.78 Å². The zero-order chi connectivity index (χ0) is 13.7. The monoisotopic (exact) mass is 258 g/mol. The van der Waals surface area contributed by atoms with Crippen molar-refractivity contribution < 1.29 is 9.53 Å². The van der Waals surface area contributed by atoms with Gasteiger partial charge in [-0.1, -0.05) is 5.92 Å². The number of methoxy groups -OCH3 is 1. The predicted molar refractivity (Wildman–Crippen MR) is 72.8 cm³/mol. The molecule has 1 saturated heterocycles. The van der Waals surface area contributed by atoms with Gasteiger partial charge in [-0.2, -0.15) is 0 Å². The van der Waals surface area contributed by atoms with Crippen LogP contribution in [-0.2, 0) is 4.79 Å². The van der Waals surface area contributed by atoms with Gasteiger partial charge in [-0.05, 0) is 37.8 Å². The van der Waals surface area contributed by atoms with E-state index in [0.29, 0.717) is 5.92 Å². The lowest BCUT2D eigenvalue weighted by atomic mass is 9.92. The van der Waals surface area contributed by atoms with Crippen LogP contribution in [0.4, 0.5) is 0 Å². The molecule has 1 aromatic heterocycles. The van der Waals surface area contributed by atoms with E-state index in [1.807, 2.05) is 17.0 Å². The average Bonchev–Trinajstić information content (AvgIpc) is 2.47. The molecule has 1 fully saturated rings. The van der Waals surface area contributed by atoms with Crippen molar-refractivity contribution in [2.45, 2.75) is 25.7 Å². The number of likely N-dealkylation sites (tertiary alicyclic amines) is 1. The third-order valence-corrected chi connectivity index (χ3v) is 3.42. The second kappa shape index (κ2) is 6.24. The third-order valence-electron chi connectivity index (χ3n) is 3.42. The molecule has 0 aliphatic carbocycles. The van der Waals surface area contributed by atoms with Crippen LogP contribution in [0.2, 0.25) is 0 Å². The molecule has 0 saturated carbocycles. The van der Waals surface area contributed by atoms with Crippen LogP contribution in [0.15, 0.2) is 18.3 Å². The molecule has 0 unspecified atom stereocenters. The van der Waals surface area contributed by atoms with Gasteiger partial charge in [-0.25, -0.2) is 0 Å². The fraction of sp³-hybridized carbons (Fsp3) is 0.467. The van der Waals surface area contributed by atoms with Gasteiger partial charge in [0.1, 0.15) is 5.75 Å². The highest BCUT2D eigenvalue weighted by molar-refractivity contribution is 5.93. The number of ether oxygens (including phenoxy) is 1. The summed E-state index contributed by atoms with van der Waals surface area (Å²) in [6.07, 6.45) is 3.60. The molecule has 1 aromatic rings. The van der Waals surface area contributed by atoms with Gasteiger partial charge in [-0.15, -0.1) is 0 Å². The lowest BCUT2D eigenvalue weighted by molar-refractivity contribution is -0.126. The molecule has 0 aromatic carbocycles. The molecule has 2 rings (SSSR count). The second-order valence-corrected chi connectivity index (χ2v) is 4.53. The summed E-state index contributed by atoms with van der Waals surface area (Å²) in [6, 6.07) is 3.81. The maximum absolute atomic E-state index is 11.7. The average molecular weight is 258 g/mol. The Morgan fingerprint density at radius 3 is 2.84 bits per heavy atom. The van der Waals surface area contributed by atoms with Crippen molar-refractivity contribution >= 4 is 5.91 Å². The van der Waals surface area contributed by atoms with Crippen molar-refractivity contribution in [2.24, 2.45) is 0 Å². The molecule has 4 heteroatoms. The van der Waals surface area contributed by atoms with Crippen LogP contribution >= 0.6 is 0 Å². The van der Waals surface area contributed by atoms with E-state index in [0.717, 1.165) is 37.4 Å². The maximum atomic E-state index is 11.7. The van der Waals surface area contributed by atoms with E-state index in [1.54, 1.807) is 20.2 Å². The topological polar surface area (TPSA) is 42.4 Å². The largest absolute Gasteiger partial charge is 0.495 e. The summed E-state index contributed by atoms with van der Waals surface area (Å²) < 4.78 is 5.35. The smallest absolute Gasteiger partial charge is 0.298 e. The Kier molecular flexibility index (Phi) is 4.40. The highest BCUT2D eigenvalue weighted by atomic mass is 16.5. The summed E-state index contributed by atoms with van der Waals surface area (Å²) in [5.74, 6) is 6.36. The number of rotatable bonds is 2. The molecule has 1 aliphatic heterocycles. The first-order valence-corrected chi connectivity index (χ1v) is 6.46. The summed E-state index contributed by atoms with van der Waals surface area (Å²) in [5, 5.41) is 0. The van der Waals surface area contributed by atoms with Gasteiger partial charge < -0.3 is 9.64 Å². The van der Waals surface area contributed by atoms with E-state index in [-0.39, 0.29) is 5.91 Å². The van der Waals surface area contributed by atoms with Gasteiger partial charge in [0.05, 0.1) is 12.8 Å². The first-order valence-electron chi connectivity index (χ1n) is 6.46. The molecule has 0 bridgehead atoms. The summed E-state index contributed by atoms with van der Waals surface area (Å²) in [6.45, 7) is 3.15. The molecule has 0 atom stereocenters. The molecular weight excluding hydrogens is 240 g/mol. The van der Waals surface area contributed by atoms with Gasteiger partial charge in [0.2, 0.25) is 0 Å². The minimum absolute atomic E-state index is 0.0751. The van der Waals surface area contributed by atoms with Crippen LogP contribution in [0.25, 0.3) is 0 Å². The number of amides is 1. The van der Waals surface area contributed by atoms with E-state index >= 15 is 0 Å². The number of hydrogen-bond acceptors (Lipinski definition) is 3. The van der Waals surface area contributed by atoms with E-state index < -0.39 is 0 Å². The highest BCUT2D eigenvalue weighted by Crippen LogP contribution is 2.32. The van der Waals surface area contributed by atoms with Crippen molar-refractivity contribution in [3.63, 3.8) is 0 Å². The van der Waals surface area contributed by atoms with Crippen LogP contribution in [0.3, 0.4) is 0 Å². The van der Waals surface area contributed by atoms with Crippen LogP contribution in [0.1, 0.15) is 31.4 Å². The van der Waals surface area contributed by atoms with Crippen LogP contribution < -0.4 is 4.74 Å². The lowest BCUT2D eigenvalue weighted by Gasteiger charge is -2.30. The van der Waals surface area contributed by atoms with Gasteiger partial charge in [0, 0.05) is 25.2 Å². The summed E-state index contributed by atoms with van der Waals surface area (Å²) >= 11 is 0. The summed E-state index contributed by atoms with van der Waals surface area (Å²) in [4.78, 5) is 17.9. The molecule has 0 radical (unpaired) electrons. The third kappa shape index (κ3) is 3.05. The molecule has 0 N–H and O–H groups in total. The molecule has 1 amide bonds. The normalized spacial score (nSPS) is 15.6. The Morgan fingerprint density at radius 1 is 1.47 bits per heavy atom. The highest BCUT2D eigenvalue weighted by Gasteiger charge is 2.25. The zero-order valence-electron chi connectivity index (χ0n) is 11.3. The van der Waals surface area contributed by atoms with Crippen molar-refractivity contribution in [1.82, 2.24) is 9.88 Å². The SMILES string of the molecule is CC#CC(=O)N1CCC(c2ncccc2OC)CC1. The molecule has 19 heavy (non-hydrogen) atoms. The zero-order valence-corrected chi connectivity index (χ0v) is 11.3. The van der Waals surface area contributed by atoms with E-state index in [2.05, 4.69) is 16.8 Å². The van der Waals surface area contributed by atoms with Gasteiger partial charge in [0.15, 0.2) is 0 Å². The number of pyridine rings is 1. The number of carbonyl (C=O) groups excluding carboxylic acids is 1. The summed E-state index contributed by atoms with van der Waals surface area (Å²) in [7, 11) is 1.66. The van der Waals surface area contributed by atoms with Crippen molar-refractivity contribution in [3.8, 4) is 17.6 Å². The van der Waals surface area contributed by atoms with Gasteiger partial charge >= 0.3 is 0 Å². The van der Waals surface area contributed by atoms with Crippen LogP contribution in [-0.4, -0.2) is 36.0 Å². The Hall–Kier alpha value is -2.02. The molecular formula is C15H18N2O2. The number of aromatic nitrogens is 1. The van der Waals surface area contributed by atoms with Crippen molar-refractivity contribution in [2.75, 3.05) is 20.2 Å². The molecule has 100 valence electrons. The Balaban J connectivity index is 2.03. The van der Waals surface area contributed by atoms with E-state index in [1.165, 1.54) is 0 Å². The summed E-state index contributed by atoms with van der Waals surface area (Å²) in [5.41, 5.74) is 0.999. The second-order valence-electron chi connectivity index (χ2n) is 4.53. The fourth-order valence-corrected chi connectivity index (χ4v) is 2.42. The molecule has 0 spiro atoms. The predicted octanol–water partition coefficient (Wildman–Crippen LogP) is 1.82.